The molecule has 1 aliphatic rings. The molecule has 4 nitrogen and oxygen atoms in total. The molecule has 1 N–H and O–H groups in total. The highest BCUT2D eigenvalue weighted by Gasteiger charge is 2.39. The summed E-state index contributed by atoms with van der Waals surface area (Å²) in [6.45, 7) is 3.66. The summed E-state index contributed by atoms with van der Waals surface area (Å²) in [7, 11) is 0. The summed E-state index contributed by atoms with van der Waals surface area (Å²) in [6, 6.07) is 0. The molecule has 1 fully saturated rings. The van der Waals surface area contributed by atoms with Crippen LogP contribution in [0.3, 0.4) is 0 Å². The Kier molecular flexibility index (Phi) is 5.93. The molecular formula is C13H21ClO4. The largest absolute Gasteiger partial charge is 0.481 e. The van der Waals surface area contributed by atoms with Gasteiger partial charge in [0.2, 0.25) is 0 Å². The average Bonchev–Trinajstić information content (AvgIpc) is 2.28. The van der Waals surface area contributed by atoms with Gasteiger partial charge in [-0.05, 0) is 38.5 Å². The summed E-state index contributed by atoms with van der Waals surface area (Å²) in [4.78, 5) is 23.2. The second-order valence-electron chi connectivity index (χ2n) is 5.00. The molecule has 0 aromatic rings. The zero-order valence-corrected chi connectivity index (χ0v) is 11.7. The molecule has 1 aliphatic carbocycles. The summed E-state index contributed by atoms with van der Waals surface area (Å²) in [5, 5.41) is 9.20. The lowest BCUT2D eigenvalue weighted by Crippen LogP contribution is -2.37. The maximum absolute atomic E-state index is 11.9. The highest BCUT2D eigenvalue weighted by molar-refractivity contribution is 6.20. The van der Waals surface area contributed by atoms with E-state index in [0.29, 0.717) is 12.8 Å². The Morgan fingerprint density at radius 1 is 1.44 bits per heavy atom. The molecule has 1 saturated carbocycles. The minimum Gasteiger partial charge on any atom is -0.481 e. The van der Waals surface area contributed by atoms with Gasteiger partial charge in [0, 0.05) is 5.38 Å². The number of aliphatic carboxylic acids is 1. The summed E-state index contributed by atoms with van der Waals surface area (Å²) < 4.78 is 5.15. The Bertz CT molecular complexity index is 305. The third kappa shape index (κ3) is 4.16. The lowest BCUT2D eigenvalue weighted by atomic mass is 9.79. The van der Waals surface area contributed by atoms with Crippen LogP contribution in [0.2, 0.25) is 0 Å². The lowest BCUT2D eigenvalue weighted by molar-refractivity contribution is -0.165. The number of rotatable bonds is 5. The van der Waals surface area contributed by atoms with E-state index in [1.54, 1.807) is 6.92 Å². The Morgan fingerprint density at radius 3 is 2.61 bits per heavy atom. The van der Waals surface area contributed by atoms with Crippen molar-refractivity contribution >= 4 is 23.5 Å². The van der Waals surface area contributed by atoms with Crippen molar-refractivity contribution in [1.82, 2.24) is 0 Å². The van der Waals surface area contributed by atoms with Gasteiger partial charge in [-0.25, -0.2) is 0 Å². The summed E-state index contributed by atoms with van der Waals surface area (Å²) in [5.41, 5.74) is 0. The van der Waals surface area contributed by atoms with Gasteiger partial charge in [0.15, 0.2) is 5.92 Å². The first-order valence-corrected chi connectivity index (χ1v) is 6.96. The van der Waals surface area contributed by atoms with Crippen LogP contribution in [0.5, 0.6) is 0 Å². The van der Waals surface area contributed by atoms with E-state index < -0.39 is 17.9 Å². The number of carbonyl (C=O) groups is 2. The lowest BCUT2D eigenvalue weighted by Gasteiger charge is -2.29. The molecule has 1 rings (SSSR count). The van der Waals surface area contributed by atoms with E-state index in [4.69, 9.17) is 16.3 Å². The van der Waals surface area contributed by atoms with E-state index in [9.17, 15) is 14.7 Å². The van der Waals surface area contributed by atoms with E-state index in [1.807, 2.05) is 6.92 Å². The quantitative estimate of drug-likeness (QED) is 0.476. The van der Waals surface area contributed by atoms with Crippen molar-refractivity contribution in [1.29, 1.82) is 0 Å². The Hall–Kier alpha value is -0.770. The number of carboxylic acid groups (broad SMARTS) is 1. The molecular weight excluding hydrogens is 256 g/mol. The highest BCUT2D eigenvalue weighted by Crippen LogP contribution is 2.34. The first-order chi connectivity index (χ1) is 8.45. The molecule has 18 heavy (non-hydrogen) atoms. The van der Waals surface area contributed by atoms with Crippen LogP contribution in [0.4, 0.5) is 0 Å². The van der Waals surface area contributed by atoms with Crippen LogP contribution in [-0.2, 0) is 14.3 Å². The Morgan fingerprint density at radius 2 is 2.11 bits per heavy atom. The highest BCUT2D eigenvalue weighted by atomic mass is 35.5. The van der Waals surface area contributed by atoms with Gasteiger partial charge < -0.3 is 9.84 Å². The van der Waals surface area contributed by atoms with Crippen LogP contribution >= 0.6 is 11.6 Å². The average molecular weight is 277 g/mol. The molecule has 0 spiro atoms. The van der Waals surface area contributed by atoms with Gasteiger partial charge in [-0.3, -0.25) is 9.59 Å². The van der Waals surface area contributed by atoms with Crippen molar-refractivity contribution in [2.45, 2.75) is 57.4 Å². The molecule has 0 heterocycles. The van der Waals surface area contributed by atoms with Crippen molar-refractivity contribution in [3.63, 3.8) is 0 Å². The molecule has 4 atom stereocenters. The molecule has 0 saturated heterocycles. The molecule has 5 heteroatoms. The van der Waals surface area contributed by atoms with Gasteiger partial charge in [0.1, 0.15) is 0 Å². The van der Waals surface area contributed by atoms with Gasteiger partial charge in [0.25, 0.3) is 0 Å². The number of carboxylic acids is 1. The predicted molar refractivity (Wildman–Crippen MR) is 68.6 cm³/mol. The first kappa shape index (κ1) is 15.3. The Balaban J connectivity index is 2.69. The number of esters is 1. The molecule has 4 unspecified atom stereocenters. The number of hydrogen-bond acceptors (Lipinski definition) is 3. The van der Waals surface area contributed by atoms with Crippen LogP contribution in [0.25, 0.3) is 0 Å². The third-order valence-corrected chi connectivity index (χ3v) is 3.93. The fourth-order valence-corrected chi connectivity index (χ4v) is 2.70. The van der Waals surface area contributed by atoms with E-state index in [1.165, 1.54) is 0 Å². The van der Waals surface area contributed by atoms with E-state index in [0.717, 1.165) is 19.3 Å². The van der Waals surface area contributed by atoms with Gasteiger partial charge in [-0.1, -0.05) is 13.3 Å². The third-order valence-electron chi connectivity index (χ3n) is 3.53. The standard InChI is InChI=1S/C13H21ClO4/c1-3-8(2)18-13(17)11(12(15)16)9-5-4-6-10(14)7-9/h8-11H,3-7H2,1-2H3,(H,15,16). The minimum atomic E-state index is -1.10. The fraction of sp³-hybridized carbons (Fsp3) is 0.846. The van der Waals surface area contributed by atoms with Gasteiger partial charge in [-0.2, -0.15) is 0 Å². The van der Waals surface area contributed by atoms with Crippen molar-refractivity contribution in [3.8, 4) is 0 Å². The second-order valence-corrected chi connectivity index (χ2v) is 5.61. The zero-order valence-electron chi connectivity index (χ0n) is 10.9. The van der Waals surface area contributed by atoms with E-state index in [-0.39, 0.29) is 17.4 Å². The maximum Gasteiger partial charge on any atom is 0.320 e. The van der Waals surface area contributed by atoms with Gasteiger partial charge in [0.05, 0.1) is 6.10 Å². The van der Waals surface area contributed by atoms with E-state index >= 15 is 0 Å². The van der Waals surface area contributed by atoms with Crippen LogP contribution in [-0.4, -0.2) is 28.5 Å². The maximum atomic E-state index is 11.9. The van der Waals surface area contributed by atoms with Crippen molar-refractivity contribution in [3.05, 3.63) is 0 Å². The number of alkyl halides is 1. The van der Waals surface area contributed by atoms with Gasteiger partial charge in [-0.15, -0.1) is 11.6 Å². The smallest absolute Gasteiger partial charge is 0.320 e. The molecule has 104 valence electrons. The summed E-state index contributed by atoms with van der Waals surface area (Å²) >= 11 is 6.05. The Labute approximate surface area is 113 Å². The van der Waals surface area contributed by atoms with Crippen LogP contribution in [0.1, 0.15) is 46.0 Å². The first-order valence-electron chi connectivity index (χ1n) is 6.53. The van der Waals surface area contributed by atoms with E-state index in [2.05, 4.69) is 0 Å². The number of halogens is 1. The number of carbonyl (C=O) groups excluding carboxylic acids is 1. The fourth-order valence-electron chi connectivity index (χ4n) is 2.32. The number of ether oxygens (including phenoxy) is 1. The van der Waals surface area contributed by atoms with Crippen molar-refractivity contribution < 1.29 is 19.4 Å². The van der Waals surface area contributed by atoms with Gasteiger partial charge >= 0.3 is 11.9 Å². The van der Waals surface area contributed by atoms with Crippen LogP contribution in [0.15, 0.2) is 0 Å². The van der Waals surface area contributed by atoms with Crippen LogP contribution < -0.4 is 0 Å². The molecule has 0 amide bonds. The topological polar surface area (TPSA) is 63.6 Å². The summed E-state index contributed by atoms with van der Waals surface area (Å²) in [6.07, 6.45) is 3.52. The number of hydrogen-bond donors (Lipinski definition) is 1. The summed E-state index contributed by atoms with van der Waals surface area (Å²) in [5.74, 6) is -2.98. The molecule has 0 aromatic heterocycles. The SMILES string of the molecule is CCC(C)OC(=O)C(C(=O)O)C1CCCC(Cl)C1. The van der Waals surface area contributed by atoms with Crippen molar-refractivity contribution in [2.75, 3.05) is 0 Å². The second kappa shape index (κ2) is 6.98. The molecule has 0 aromatic carbocycles. The normalized spacial score (nSPS) is 27.3. The molecule has 0 aliphatic heterocycles. The zero-order chi connectivity index (χ0) is 13.7. The predicted octanol–water partition coefficient (Wildman–Crippen LogP) is 2.83. The molecule has 0 radical (unpaired) electrons. The minimum absolute atomic E-state index is 0.0259. The van der Waals surface area contributed by atoms with Crippen LogP contribution in [0, 0.1) is 11.8 Å². The molecule has 0 bridgehead atoms. The van der Waals surface area contributed by atoms with Crippen molar-refractivity contribution in [2.24, 2.45) is 11.8 Å². The monoisotopic (exact) mass is 276 g/mol.